The van der Waals surface area contributed by atoms with E-state index in [0.717, 1.165) is 31.7 Å². The zero-order valence-corrected chi connectivity index (χ0v) is 17.4. The van der Waals surface area contributed by atoms with Crippen LogP contribution in [0, 0.1) is 23.7 Å². The van der Waals surface area contributed by atoms with Crippen LogP contribution in [0.5, 0.6) is 0 Å². The molecule has 0 saturated heterocycles. The lowest BCUT2D eigenvalue weighted by molar-refractivity contribution is -0.0795. The fourth-order valence-electron chi connectivity index (χ4n) is 5.84. The van der Waals surface area contributed by atoms with Crippen LogP contribution in [0.15, 0.2) is 11.4 Å². The van der Waals surface area contributed by atoms with Crippen LogP contribution >= 0.6 is 0 Å². The number of hydrogen-bond donors (Lipinski definition) is 1. The normalized spacial score (nSPS) is 42.1. The Kier molecular flexibility index (Phi) is 5.79. The van der Waals surface area contributed by atoms with Gasteiger partial charge in [-0.2, -0.15) is 0 Å². The molecule has 2 bridgehead atoms. The van der Waals surface area contributed by atoms with E-state index in [9.17, 15) is 5.11 Å². The first-order chi connectivity index (χ1) is 11.7. The molecule has 3 nitrogen and oxygen atoms in total. The van der Waals surface area contributed by atoms with E-state index in [2.05, 4.69) is 19.6 Å². The molecule has 0 aromatic rings. The molecule has 0 spiro atoms. The third kappa shape index (κ3) is 3.90. The van der Waals surface area contributed by atoms with Gasteiger partial charge in [0.2, 0.25) is 0 Å². The summed E-state index contributed by atoms with van der Waals surface area (Å²) < 4.78 is 26.9. The average molecular weight is 371 g/mol. The zero-order valence-electron chi connectivity index (χ0n) is 16.4. The van der Waals surface area contributed by atoms with Crippen LogP contribution in [0.1, 0.15) is 32.1 Å². The number of aliphatic hydroxyl groups excluding tert-OH is 1. The van der Waals surface area contributed by atoms with Crippen molar-refractivity contribution < 1.29 is 19.0 Å². The van der Waals surface area contributed by atoms with Gasteiger partial charge in [-0.05, 0) is 49.0 Å². The number of aliphatic hydroxyl groups is 1. The van der Waals surface area contributed by atoms with Crippen LogP contribution in [0.25, 0.3) is 0 Å². The number of hydrogen-bond acceptors (Lipinski definition) is 3. The maximum Gasteiger partial charge on any atom is 0.102 e. The minimum absolute atomic E-state index is 0.0336. The van der Waals surface area contributed by atoms with Crippen LogP contribution in [-0.2, 0) is 9.47 Å². The largest absolute Gasteiger partial charge is 0.392 e. The van der Waals surface area contributed by atoms with Gasteiger partial charge in [-0.1, -0.05) is 25.7 Å². The van der Waals surface area contributed by atoms with Gasteiger partial charge in [-0.3, -0.25) is 0 Å². The highest BCUT2D eigenvalue weighted by Crippen LogP contribution is 2.51. The highest BCUT2D eigenvalue weighted by atomic mass is 28.3. The summed E-state index contributed by atoms with van der Waals surface area (Å²) in [6, 6.07) is 1.12. The van der Waals surface area contributed by atoms with E-state index in [1.165, 1.54) is 0 Å². The highest BCUT2D eigenvalue weighted by molar-refractivity contribution is 6.76. The van der Waals surface area contributed by atoms with E-state index in [-0.39, 0.29) is 24.0 Å². The maximum atomic E-state index is 15.3. The monoisotopic (exact) mass is 370 g/mol. The molecule has 3 rings (SSSR count). The highest BCUT2D eigenvalue weighted by Gasteiger charge is 2.52. The third-order valence-corrected chi connectivity index (χ3v) is 8.48. The first-order valence-corrected chi connectivity index (χ1v) is 13.6. The molecule has 144 valence electrons. The maximum absolute atomic E-state index is 15.3. The molecular formula is C20H35FO3Si. The fourth-order valence-corrected chi connectivity index (χ4v) is 7.88. The van der Waals surface area contributed by atoms with Crippen molar-refractivity contribution in [2.45, 2.75) is 76.1 Å². The van der Waals surface area contributed by atoms with Crippen molar-refractivity contribution >= 4 is 8.07 Å². The Morgan fingerprint density at radius 1 is 1.08 bits per heavy atom. The Balaban J connectivity index is 1.89. The molecule has 0 aromatic heterocycles. The van der Waals surface area contributed by atoms with Crippen molar-refractivity contribution in [2.24, 2.45) is 23.7 Å². The summed E-state index contributed by atoms with van der Waals surface area (Å²) in [6.07, 6.45) is 3.71. The van der Waals surface area contributed by atoms with Gasteiger partial charge in [0, 0.05) is 34.6 Å². The van der Waals surface area contributed by atoms with E-state index in [1.807, 2.05) is 0 Å². The van der Waals surface area contributed by atoms with Crippen LogP contribution in [-0.4, -0.2) is 45.7 Å². The lowest BCUT2D eigenvalue weighted by Gasteiger charge is -2.44. The smallest absolute Gasteiger partial charge is 0.102 e. The molecule has 0 heterocycles. The lowest BCUT2D eigenvalue weighted by atomic mass is 9.69. The molecule has 5 heteroatoms. The Labute approximate surface area is 153 Å². The molecule has 0 aliphatic heterocycles. The van der Waals surface area contributed by atoms with Crippen LogP contribution in [0.4, 0.5) is 4.39 Å². The number of fused-ring (bicyclic) bond motifs is 2. The van der Waals surface area contributed by atoms with Gasteiger partial charge in [0.25, 0.3) is 0 Å². The second-order valence-electron chi connectivity index (χ2n) is 9.71. The van der Waals surface area contributed by atoms with Crippen molar-refractivity contribution in [1.82, 2.24) is 0 Å². The van der Waals surface area contributed by atoms with Gasteiger partial charge in [-0.25, -0.2) is 4.39 Å². The van der Waals surface area contributed by atoms with Crippen molar-refractivity contribution in [3.8, 4) is 0 Å². The molecule has 7 atom stereocenters. The quantitative estimate of drug-likeness (QED) is 0.729. The molecule has 2 saturated carbocycles. The molecular weight excluding hydrogens is 335 g/mol. The van der Waals surface area contributed by atoms with E-state index >= 15 is 4.39 Å². The predicted octanol–water partition coefficient (Wildman–Crippen LogP) is 4.40. The van der Waals surface area contributed by atoms with Gasteiger partial charge in [0.15, 0.2) is 0 Å². The number of methoxy groups -OCH3 is 2. The SMILES string of the molecule is COC1CC(C[Si](C)(C)C)CC(F)=C1C1C(O)C2CCC(C2)C1OC. The van der Waals surface area contributed by atoms with E-state index in [1.54, 1.807) is 14.2 Å². The van der Waals surface area contributed by atoms with Gasteiger partial charge >= 0.3 is 0 Å². The Morgan fingerprint density at radius 3 is 2.36 bits per heavy atom. The zero-order chi connectivity index (χ0) is 18.4. The second-order valence-corrected chi connectivity index (χ2v) is 15.2. The minimum atomic E-state index is -1.24. The summed E-state index contributed by atoms with van der Waals surface area (Å²) in [5.41, 5.74) is 0.713. The summed E-state index contributed by atoms with van der Waals surface area (Å²) in [7, 11) is 2.15. The number of allylic oxidation sites excluding steroid dienone is 1. The number of rotatable bonds is 5. The molecule has 7 unspecified atom stereocenters. The van der Waals surface area contributed by atoms with Crippen LogP contribution in [0.2, 0.25) is 25.7 Å². The van der Waals surface area contributed by atoms with Crippen molar-refractivity contribution in [1.29, 1.82) is 0 Å². The molecule has 1 N–H and O–H groups in total. The van der Waals surface area contributed by atoms with Gasteiger partial charge in [0.1, 0.15) is 5.83 Å². The summed E-state index contributed by atoms with van der Waals surface area (Å²) in [5.74, 6) is 0.821. The minimum Gasteiger partial charge on any atom is -0.392 e. The summed E-state index contributed by atoms with van der Waals surface area (Å²) >= 11 is 0. The van der Waals surface area contributed by atoms with E-state index < -0.39 is 14.2 Å². The molecule has 0 radical (unpaired) electrons. The van der Waals surface area contributed by atoms with Gasteiger partial charge in [0.05, 0.1) is 18.3 Å². The average Bonchev–Trinajstić information content (AvgIpc) is 2.95. The molecule has 0 amide bonds. The summed E-state index contributed by atoms with van der Waals surface area (Å²) in [5, 5.41) is 11.0. The molecule has 2 fully saturated rings. The molecule has 0 aromatic carbocycles. The van der Waals surface area contributed by atoms with E-state index in [0.29, 0.717) is 29.7 Å². The third-order valence-electron chi connectivity index (χ3n) is 6.68. The topological polar surface area (TPSA) is 38.7 Å². The summed E-state index contributed by atoms with van der Waals surface area (Å²) in [6.45, 7) is 7.03. The molecule has 3 aliphatic rings. The second kappa shape index (κ2) is 7.41. The van der Waals surface area contributed by atoms with Crippen LogP contribution in [0.3, 0.4) is 0 Å². The predicted molar refractivity (Wildman–Crippen MR) is 101 cm³/mol. The lowest BCUT2D eigenvalue weighted by Crippen LogP contribution is -2.48. The standard InChI is InChI=1S/C20H35FO3Si/c1-23-16-9-12(11-25(3,4)5)8-15(21)17(16)18-19(22)13-6-7-14(10-13)20(18)24-2/h12-14,16,18-20,22H,6-11H2,1-5H3. The first kappa shape index (κ1) is 19.5. The van der Waals surface area contributed by atoms with Gasteiger partial charge < -0.3 is 14.6 Å². The Hall–Kier alpha value is -0.233. The molecule has 3 aliphatic carbocycles. The first-order valence-electron chi connectivity index (χ1n) is 9.87. The van der Waals surface area contributed by atoms with Crippen LogP contribution < -0.4 is 0 Å². The number of halogens is 1. The van der Waals surface area contributed by atoms with E-state index in [4.69, 9.17) is 9.47 Å². The van der Waals surface area contributed by atoms with Gasteiger partial charge in [-0.15, -0.1) is 0 Å². The summed E-state index contributed by atoms with van der Waals surface area (Å²) in [4.78, 5) is 0. The Morgan fingerprint density at radius 2 is 1.76 bits per heavy atom. The Bertz CT molecular complexity index is 516. The van der Waals surface area contributed by atoms with Crippen molar-refractivity contribution in [2.75, 3.05) is 14.2 Å². The van der Waals surface area contributed by atoms with Crippen molar-refractivity contribution in [3.63, 3.8) is 0 Å². The fraction of sp³-hybridized carbons (Fsp3) is 0.900. The van der Waals surface area contributed by atoms with Crippen molar-refractivity contribution in [3.05, 3.63) is 11.4 Å². The number of ether oxygens (including phenoxy) is 2. The molecule has 25 heavy (non-hydrogen) atoms.